The lowest BCUT2D eigenvalue weighted by molar-refractivity contribution is -0.120. The summed E-state index contributed by atoms with van der Waals surface area (Å²) in [7, 11) is 1.65. The highest BCUT2D eigenvalue weighted by Gasteiger charge is 2.41. The summed E-state index contributed by atoms with van der Waals surface area (Å²) in [5, 5.41) is 0. The molecule has 1 aliphatic heterocycles. The van der Waals surface area contributed by atoms with Crippen LogP contribution in [0.3, 0.4) is 0 Å². The van der Waals surface area contributed by atoms with Crippen LogP contribution in [0.15, 0.2) is 109 Å². The lowest BCUT2D eigenvalue weighted by Gasteiger charge is -2.41. The van der Waals surface area contributed by atoms with E-state index in [9.17, 15) is 4.79 Å². The number of hydrogen-bond donors (Lipinski definition) is 0. The number of rotatable bonds is 4. The smallest absolute Gasteiger partial charge is 0.239 e. The first kappa shape index (κ1) is 19.1. The number of para-hydroxylation sites is 1. The van der Waals surface area contributed by atoms with E-state index in [0.717, 1.165) is 33.7 Å². The average Bonchev–Trinajstić information content (AvgIpc) is 2.84. The minimum Gasteiger partial charge on any atom is -0.497 e. The fourth-order valence-electron chi connectivity index (χ4n) is 4.51. The maximum atomic E-state index is 14.1. The number of amides is 1. The van der Waals surface area contributed by atoms with E-state index >= 15 is 0 Å². The molecule has 0 spiro atoms. The number of fused-ring (bicyclic) bond motifs is 1. The van der Waals surface area contributed by atoms with E-state index in [-0.39, 0.29) is 17.9 Å². The predicted octanol–water partition coefficient (Wildman–Crippen LogP) is 5.96. The van der Waals surface area contributed by atoms with Crippen molar-refractivity contribution in [2.24, 2.45) is 0 Å². The molecule has 0 aromatic heterocycles. The van der Waals surface area contributed by atoms with E-state index in [0.29, 0.717) is 0 Å². The molecule has 0 saturated carbocycles. The Morgan fingerprint density at radius 1 is 0.645 bits per heavy atom. The number of methoxy groups -OCH3 is 1. The van der Waals surface area contributed by atoms with E-state index in [2.05, 4.69) is 30.3 Å². The van der Waals surface area contributed by atoms with Crippen molar-refractivity contribution in [3.8, 4) is 5.75 Å². The van der Waals surface area contributed by atoms with Crippen LogP contribution >= 0.6 is 0 Å². The lowest BCUT2D eigenvalue weighted by atomic mass is 9.78. The van der Waals surface area contributed by atoms with Crippen molar-refractivity contribution in [2.75, 3.05) is 12.0 Å². The van der Waals surface area contributed by atoms with Crippen molar-refractivity contribution in [3.05, 3.63) is 131 Å². The van der Waals surface area contributed by atoms with Gasteiger partial charge < -0.3 is 4.74 Å². The first-order valence-electron chi connectivity index (χ1n) is 10.4. The van der Waals surface area contributed by atoms with Gasteiger partial charge in [-0.25, -0.2) is 0 Å². The van der Waals surface area contributed by atoms with Gasteiger partial charge in [-0.15, -0.1) is 0 Å². The van der Waals surface area contributed by atoms with Gasteiger partial charge in [-0.1, -0.05) is 84.9 Å². The SMILES string of the molecule is COc1ccc([C@@H]2C(=O)N(c3ccccc3)[C@@H](c3ccccc3)c3ccccc32)cc1. The Balaban J connectivity index is 1.73. The summed E-state index contributed by atoms with van der Waals surface area (Å²) in [6.07, 6.45) is 0. The molecule has 0 N–H and O–H groups in total. The number of carbonyl (C=O) groups excluding carboxylic acids is 1. The summed E-state index contributed by atoms with van der Waals surface area (Å²) in [5.41, 5.74) is 5.16. The quantitative estimate of drug-likeness (QED) is 0.419. The molecule has 2 atom stereocenters. The molecule has 4 aromatic rings. The second kappa shape index (κ2) is 8.11. The van der Waals surface area contributed by atoms with E-state index in [4.69, 9.17) is 4.74 Å². The molecule has 4 aromatic carbocycles. The van der Waals surface area contributed by atoms with Crippen LogP contribution in [-0.4, -0.2) is 13.0 Å². The van der Waals surface area contributed by atoms with Crippen LogP contribution in [-0.2, 0) is 4.79 Å². The third-order valence-electron chi connectivity index (χ3n) is 5.94. The summed E-state index contributed by atoms with van der Waals surface area (Å²) in [5.74, 6) is 0.480. The zero-order valence-electron chi connectivity index (χ0n) is 17.3. The minimum absolute atomic E-state index is 0.0731. The summed E-state index contributed by atoms with van der Waals surface area (Å²) in [6, 6.07) is 36.1. The fourth-order valence-corrected chi connectivity index (χ4v) is 4.51. The second-order valence-corrected chi connectivity index (χ2v) is 7.69. The van der Waals surface area contributed by atoms with Gasteiger partial charge in [0, 0.05) is 5.69 Å². The number of ether oxygens (including phenoxy) is 1. The molecule has 1 aliphatic rings. The molecule has 0 fully saturated rings. The summed E-state index contributed by atoms with van der Waals surface area (Å²) < 4.78 is 5.32. The maximum absolute atomic E-state index is 14.1. The van der Waals surface area contributed by atoms with Crippen molar-refractivity contribution in [1.29, 1.82) is 0 Å². The Kier molecular flexibility index (Phi) is 5.01. The molecule has 3 heteroatoms. The van der Waals surface area contributed by atoms with Crippen molar-refractivity contribution < 1.29 is 9.53 Å². The third kappa shape index (κ3) is 3.38. The highest BCUT2D eigenvalue weighted by Crippen LogP contribution is 2.45. The van der Waals surface area contributed by atoms with Gasteiger partial charge >= 0.3 is 0 Å². The minimum atomic E-state index is -0.373. The van der Waals surface area contributed by atoms with Crippen molar-refractivity contribution >= 4 is 11.6 Å². The Bertz CT molecular complexity index is 1190. The van der Waals surface area contributed by atoms with E-state index in [1.54, 1.807) is 7.11 Å². The highest BCUT2D eigenvalue weighted by molar-refractivity contribution is 6.03. The van der Waals surface area contributed by atoms with Crippen LogP contribution in [0.2, 0.25) is 0 Å². The van der Waals surface area contributed by atoms with Crippen LogP contribution in [0.25, 0.3) is 0 Å². The molecular formula is C28H23NO2. The molecule has 0 unspecified atom stereocenters. The zero-order chi connectivity index (χ0) is 21.2. The maximum Gasteiger partial charge on any atom is 0.239 e. The van der Waals surface area contributed by atoms with Gasteiger partial charge in [-0.2, -0.15) is 0 Å². The molecule has 0 saturated heterocycles. The van der Waals surface area contributed by atoms with Crippen LogP contribution in [0.5, 0.6) is 5.75 Å². The molecule has 152 valence electrons. The van der Waals surface area contributed by atoms with Gasteiger partial charge in [-0.05, 0) is 46.5 Å². The second-order valence-electron chi connectivity index (χ2n) is 7.69. The highest BCUT2D eigenvalue weighted by atomic mass is 16.5. The summed E-state index contributed by atoms with van der Waals surface area (Å²) in [4.78, 5) is 16.1. The first-order chi connectivity index (χ1) is 15.3. The molecule has 1 amide bonds. The van der Waals surface area contributed by atoms with Crippen LogP contribution in [0.1, 0.15) is 34.2 Å². The van der Waals surface area contributed by atoms with Crippen molar-refractivity contribution in [1.82, 2.24) is 0 Å². The number of benzene rings is 4. The van der Waals surface area contributed by atoms with Gasteiger partial charge in [0.25, 0.3) is 0 Å². The molecule has 5 rings (SSSR count). The fraction of sp³-hybridized carbons (Fsp3) is 0.107. The van der Waals surface area contributed by atoms with Crippen LogP contribution in [0, 0.1) is 0 Å². The number of anilines is 1. The molecule has 31 heavy (non-hydrogen) atoms. The summed E-state index contributed by atoms with van der Waals surface area (Å²) >= 11 is 0. The van der Waals surface area contributed by atoms with Crippen LogP contribution < -0.4 is 9.64 Å². The van der Waals surface area contributed by atoms with Crippen molar-refractivity contribution in [2.45, 2.75) is 12.0 Å². The van der Waals surface area contributed by atoms with E-state index in [1.807, 2.05) is 83.8 Å². The number of hydrogen-bond acceptors (Lipinski definition) is 2. The van der Waals surface area contributed by atoms with Gasteiger partial charge in [0.05, 0.1) is 19.1 Å². The van der Waals surface area contributed by atoms with Gasteiger partial charge in [0.15, 0.2) is 0 Å². The number of carbonyl (C=O) groups is 1. The largest absolute Gasteiger partial charge is 0.497 e. The Hall–Kier alpha value is -3.85. The van der Waals surface area contributed by atoms with E-state index < -0.39 is 0 Å². The Labute approximate surface area is 182 Å². The molecule has 0 radical (unpaired) electrons. The molecule has 0 aliphatic carbocycles. The average molecular weight is 405 g/mol. The Morgan fingerprint density at radius 2 is 1.23 bits per heavy atom. The van der Waals surface area contributed by atoms with Crippen LogP contribution in [0.4, 0.5) is 5.69 Å². The monoisotopic (exact) mass is 405 g/mol. The number of nitrogens with zero attached hydrogens (tertiary/aromatic N) is 1. The van der Waals surface area contributed by atoms with Gasteiger partial charge in [0.1, 0.15) is 5.75 Å². The Morgan fingerprint density at radius 3 is 1.87 bits per heavy atom. The third-order valence-corrected chi connectivity index (χ3v) is 5.94. The summed E-state index contributed by atoms with van der Waals surface area (Å²) in [6.45, 7) is 0. The zero-order valence-corrected chi connectivity index (χ0v) is 17.3. The molecule has 0 bridgehead atoms. The lowest BCUT2D eigenvalue weighted by Crippen LogP contribution is -2.44. The van der Waals surface area contributed by atoms with Gasteiger partial charge in [-0.3, -0.25) is 9.69 Å². The predicted molar refractivity (Wildman–Crippen MR) is 123 cm³/mol. The van der Waals surface area contributed by atoms with Crippen molar-refractivity contribution in [3.63, 3.8) is 0 Å². The standard InChI is InChI=1S/C28H23NO2/c1-31-23-18-16-20(17-19-23)26-24-14-8-9-15-25(24)27(21-10-4-2-5-11-21)29(28(26)30)22-12-6-3-7-13-22/h2-19,26-27H,1H3/t26-,27-/m0/s1. The topological polar surface area (TPSA) is 29.5 Å². The molecule has 1 heterocycles. The first-order valence-corrected chi connectivity index (χ1v) is 10.4. The van der Waals surface area contributed by atoms with Gasteiger partial charge in [0.2, 0.25) is 5.91 Å². The normalized spacial score (nSPS) is 17.8. The molecular weight excluding hydrogens is 382 g/mol. The molecule has 3 nitrogen and oxygen atoms in total. The van der Waals surface area contributed by atoms with E-state index in [1.165, 1.54) is 0 Å².